The van der Waals surface area contributed by atoms with Crippen LogP contribution in [0.4, 0.5) is 5.69 Å². The standard InChI is InChI=1S/C16H23N3/c1-3-8-15(4-2)18-16-10-6-5-9-14(16)13-19-12-7-11-17-19/h5-7,9-12,15,18H,3-4,8,13H2,1-2H3. The Labute approximate surface area is 115 Å². The van der Waals surface area contributed by atoms with Gasteiger partial charge in [-0.3, -0.25) is 4.68 Å². The zero-order chi connectivity index (χ0) is 13.5. The number of para-hydroxylation sites is 1. The highest BCUT2D eigenvalue weighted by Crippen LogP contribution is 2.19. The number of nitrogens with one attached hydrogen (secondary N) is 1. The number of hydrogen-bond donors (Lipinski definition) is 1. The second kappa shape index (κ2) is 6.98. The van der Waals surface area contributed by atoms with Crippen LogP contribution in [0.2, 0.25) is 0 Å². The molecule has 2 rings (SSSR count). The molecule has 1 N–H and O–H groups in total. The van der Waals surface area contributed by atoms with Gasteiger partial charge in [-0.05, 0) is 30.5 Å². The molecule has 102 valence electrons. The first kappa shape index (κ1) is 13.7. The molecule has 1 unspecified atom stereocenters. The Morgan fingerprint density at radius 1 is 1.21 bits per heavy atom. The molecule has 0 fully saturated rings. The maximum atomic E-state index is 4.28. The van der Waals surface area contributed by atoms with E-state index in [1.165, 1.54) is 24.1 Å². The molecule has 1 aromatic carbocycles. The van der Waals surface area contributed by atoms with Crippen molar-refractivity contribution in [1.82, 2.24) is 9.78 Å². The Hall–Kier alpha value is -1.77. The van der Waals surface area contributed by atoms with E-state index in [2.05, 4.69) is 48.5 Å². The van der Waals surface area contributed by atoms with Crippen molar-refractivity contribution >= 4 is 5.69 Å². The van der Waals surface area contributed by atoms with Crippen LogP contribution >= 0.6 is 0 Å². The van der Waals surface area contributed by atoms with Crippen molar-refractivity contribution in [1.29, 1.82) is 0 Å². The third kappa shape index (κ3) is 3.85. The molecule has 1 aromatic heterocycles. The van der Waals surface area contributed by atoms with Crippen molar-refractivity contribution < 1.29 is 0 Å². The van der Waals surface area contributed by atoms with Gasteiger partial charge in [0.1, 0.15) is 0 Å². The van der Waals surface area contributed by atoms with E-state index in [9.17, 15) is 0 Å². The third-order valence-corrected chi connectivity index (χ3v) is 3.40. The number of rotatable bonds is 7. The first-order valence-electron chi connectivity index (χ1n) is 7.15. The van der Waals surface area contributed by atoms with E-state index in [1.807, 2.05) is 23.1 Å². The summed E-state index contributed by atoms with van der Waals surface area (Å²) in [6.45, 7) is 5.29. The van der Waals surface area contributed by atoms with Gasteiger partial charge < -0.3 is 5.32 Å². The van der Waals surface area contributed by atoms with E-state index in [0.29, 0.717) is 6.04 Å². The van der Waals surface area contributed by atoms with Crippen LogP contribution < -0.4 is 5.32 Å². The van der Waals surface area contributed by atoms with Gasteiger partial charge in [0.05, 0.1) is 6.54 Å². The van der Waals surface area contributed by atoms with Gasteiger partial charge in [0.15, 0.2) is 0 Å². The van der Waals surface area contributed by atoms with E-state index in [4.69, 9.17) is 0 Å². The summed E-state index contributed by atoms with van der Waals surface area (Å²) >= 11 is 0. The number of benzene rings is 1. The zero-order valence-corrected chi connectivity index (χ0v) is 11.8. The molecule has 0 aliphatic heterocycles. The fraction of sp³-hybridized carbons (Fsp3) is 0.438. The summed E-state index contributed by atoms with van der Waals surface area (Å²) in [5, 5.41) is 7.95. The van der Waals surface area contributed by atoms with Gasteiger partial charge in [-0.15, -0.1) is 0 Å². The lowest BCUT2D eigenvalue weighted by molar-refractivity contribution is 0.619. The molecule has 0 spiro atoms. The monoisotopic (exact) mass is 257 g/mol. The van der Waals surface area contributed by atoms with Crippen LogP contribution in [0.15, 0.2) is 42.7 Å². The van der Waals surface area contributed by atoms with Crippen molar-refractivity contribution in [3.8, 4) is 0 Å². The SMILES string of the molecule is CCCC(CC)Nc1ccccc1Cn1cccn1. The summed E-state index contributed by atoms with van der Waals surface area (Å²) in [6, 6.07) is 11.0. The Morgan fingerprint density at radius 3 is 2.74 bits per heavy atom. The molecule has 0 amide bonds. The molecule has 0 radical (unpaired) electrons. The van der Waals surface area contributed by atoms with Crippen LogP contribution in [0.3, 0.4) is 0 Å². The van der Waals surface area contributed by atoms with Gasteiger partial charge in [0.2, 0.25) is 0 Å². The summed E-state index contributed by atoms with van der Waals surface area (Å²) in [6.07, 6.45) is 7.41. The van der Waals surface area contributed by atoms with E-state index in [1.54, 1.807) is 0 Å². The minimum Gasteiger partial charge on any atom is -0.382 e. The van der Waals surface area contributed by atoms with Crippen LogP contribution in [-0.4, -0.2) is 15.8 Å². The first-order chi connectivity index (χ1) is 9.33. The van der Waals surface area contributed by atoms with Gasteiger partial charge in [-0.1, -0.05) is 38.5 Å². The predicted molar refractivity (Wildman–Crippen MR) is 80.4 cm³/mol. The van der Waals surface area contributed by atoms with Crippen molar-refractivity contribution in [2.45, 2.75) is 45.7 Å². The van der Waals surface area contributed by atoms with Crippen molar-refractivity contribution in [3.63, 3.8) is 0 Å². The lowest BCUT2D eigenvalue weighted by atomic mass is 10.1. The third-order valence-electron chi connectivity index (χ3n) is 3.40. The highest BCUT2D eigenvalue weighted by Gasteiger charge is 2.08. The largest absolute Gasteiger partial charge is 0.382 e. The molecule has 0 aliphatic carbocycles. The Kier molecular flexibility index (Phi) is 5.01. The van der Waals surface area contributed by atoms with Crippen LogP contribution in [0.1, 0.15) is 38.7 Å². The fourth-order valence-electron chi connectivity index (χ4n) is 2.31. The van der Waals surface area contributed by atoms with Crippen molar-refractivity contribution in [2.75, 3.05) is 5.32 Å². The van der Waals surface area contributed by atoms with Crippen LogP contribution in [0, 0.1) is 0 Å². The van der Waals surface area contributed by atoms with Gasteiger partial charge >= 0.3 is 0 Å². The smallest absolute Gasteiger partial charge is 0.0679 e. The molecule has 1 heterocycles. The van der Waals surface area contributed by atoms with E-state index in [0.717, 1.165) is 13.0 Å². The summed E-state index contributed by atoms with van der Waals surface area (Å²) in [5.74, 6) is 0. The second-order valence-corrected chi connectivity index (χ2v) is 4.90. The van der Waals surface area contributed by atoms with Crippen LogP contribution in [-0.2, 0) is 6.54 Å². The average molecular weight is 257 g/mol. The van der Waals surface area contributed by atoms with E-state index >= 15 is 0 Å². The zero-order valence-electron chi connectivity index (χ0n) is 11.8. The van der Waals surface area contributed by atoms with Gasteiger partial charge in [-0.2, -0.15) is 5.10 Å². The van der Waals surface area contributed by atoms with Gasteiger partial charge in [0, 0.05) is 24.1 Å². The predicted octanol–water partition coefficient (Wildman–Crippen LogP) is 3.92. The van der Waals surface area contributed by atoms with Crippen molar-refractivity contribution in [2.24, 2.45) is 0 Å². The van der Waals surface area contributed by atoms with E-state index in [-0.39, 0.29) is 0 Å². The highest BCUT2D eigenvalue weighted by atomic mass is 15.3. The summed E-state index contributed by atoms with van der Waals surface area (Å²) < 4.78 is 1.96. The molecular formula is C16H23N3. The number of aromatic nitrogens is 2. The Balaban J connectivity index is 2.11. The molecule has 3 heteroatoms. The number of nitrogens with zero attached hydrogens (tertiary/aromatic N) is 2. The minimum absolute atomic E-state index is 0.559. The molecule has 0 aliphatic rings. The summed E-state index contributed by atoms with van der Waals surface area (Å²) in [4.78, 5) is 0. The summed E-state index contributed by atoms with van der Waals surface area (Å²) in [5.41, 5.74) is 2.53. The Morgan fingerprint density at radius 2 is 2.05 bits per heavy atom. The second-order valence-electron chi connectivity index (χ2n) is 4.90. The fourth-order valence-corrected chi connectivity index (χ4v) is 2.31. The minimum atomic E-state index is 0.559. The van der Waals surface area contributed by atoms with Crippen LogP contribution in [0.5, 0.6) is 0 Å². The van der Waals surface area contributed by atoms with Gasteiger partial charge in [-0.25, -0.2) is 0 Å². The lowest BCUT2D eigenvalue weighted by Gasteiger charge is -2.20. The molecule has 1 atom stereocenters. The quantitative estimate of drug-likeness (QED) is 0.814. The maximum Gasteiger partial charge on any atom is 0.0679 e. The average Bonchev–Trinajstić information content (AvgIpc) is 2.93. The molecule has 2 aromatic rings. The highest BCUT2D eigenvalue weighted by molar-refractivity contribution is 5.51. The Bertz CT molecular complexity index is 476. The lowest BCUT2D eigenvalue weighted by Crippen LogP contribution is -2.19. The first-order valence-corrected chi connectivity index (χ1v) is 7.15. The van der Waals surface area contributed by atoms with Gasteiger partial charge in [0.25, 0.3) is 0 Å². The van der Waals surface area contributed by atoms with E-state index < -0.39 is 0 Å². The molecule has 3 nitrogen and oxygen atoms in total. The number of anilines is 1. The number of hydrogen-bond acceptors (Lipinski definition) is 2. The maximum absolute atomic E-state index is 4.28. The molecule has 0 saturated carbocycles. The summed E-state index contributed by atoms with van der Waals surface area (Å²) in [7, 11) is 0. The van der Waals surface area contributed by atoms with Crippen molar-refractivity contribution in [3.05, 3.63) is 48.3 Å². The normalized spacial score (nSPS) is 12.3. The van der Waals surface area contributed by atoms with Crippen LogP contribution in [0.25, 0.3) is 0 Å². The molecule has 19 heavy (non-hydrogen) atoms. The molecule has 0 bridgehead atoms. The molecule has 0 saturated heterocycles. The molecular weight excluding hydrogens is 234 g/mol. The topological polar surface area (TPSA) is 29.9 Å².